The third-order valence-corrected chi connectivity index (χ3v) is 5.97. The third-order valence-electron chi connectivity index (χ3n) is 5.97. The molecule has 24 heavy (non-hydrogen) atoms. The minimum atomic E-state index is -0.527. The van der Waals surface area contributed by atoms with E-state index >= 15 is 0 Å². The van der Waals surface area contributed by atoms with Crippen molar-refractivity contribution in [1.29, 1.82) is 0 Å². The van der Waals surface area contributed by atoms with E-state index in [-0.39, 0.29) is 5.92 Å². The molecule has 0 aromatic heterocycles. The summed E-state index contributed by atoms with van der Waals surface area (Å²) in [7, 11) is 0. The smallest absolute Gasteiger partial charge is 0.129 e. The number of aldehydes is 2. The summed E-state index contributed by atoms with van der Waals surface area (Å²) >= 11 is 0. The van der Waals surface area contributed by atoms with Gasteiger partial charge in [-0.15, -0.1) is 0 Å². The van der Waals surface area contributed by atoms with Crippen LogP contribution in [0.2, 0.25) is 0 Å². The molecule has 0 unspecified atom stereocenters. The lowest BCUT2D eigenvalue weighted by atomic mass is 9.66. The molecule has 2 rings (SSSR count). The first-order valence-electron chi connectivity index (χ1n) is 9.34. The summed E-state index contributed by atoms with van der Waals surface area (Å²) in [6.07, 6.45) is 13.9. The Morgan fingerprint density at radius 2 is 1.92 bits per heavy atom. The van der Waals surface area contributed by atoms with Crippen LogP contribution in [0.25, 0.3) is 0 Å². The van der Waals surface area contributed by atoms with Crippen LogP contribution in [0.3, 0.4) is 0 Å². The summed E-state index contributed by atoms with van der Waals surface area (Å²) in [5, 5.41) is 0. The molecule has 3 heteroatoms. The predicted molar refractivity (Wildman–Crippen MR) is 96.9 cm³/mol. The maximum Gasteiger partial charge on any atom is 0.129 e. The van der Waals surface area contributed by atoms with Gasteiger partial charge in [-0.3, -0.25) is 0 Å². The molecule has 134 valence electrons. The molecular weight excluding hydrogens is 300 g/mol. The van der Waals surface area contributed by atoms with Gasteiger partial charge >= 0.3 is 0 Å². The van der Waals surface area contributed by atoms with Crippen LogP contribution in [-0.4, -0.2) is 24.8 Å². The molecular formula is C21H32O3. The molecule has 0 bridgehead atoms. The lowest BCUT2D eigenvalue weighted by Crippen LogP contribution is -2.50. The SMILES string of the molecule is CC(C)=CCC/C(C)=C/CC[C@]1(C=O)CCC[C@]12OCC[C@@H]2C=O. The monoisotopic (exact) mass is 332 g/mol. The van der Waals surface area contributed by atoms with E-state index in [1.165, 1.54) is 11.1 Å². The van der Waals surface area contributed by atoms with Crippen LogP contribution in [-0.2, 0) is 14.3 Å². The third kappa shape index (κ3) is 3.72. The lowest BCUT2D eigenvalue weighted by molar-refractivity contribution is -0.144. The molecule has 0 aromatic rings. The summed E-state index contributed by atoms with van der Waals surface area (Å²) in [5.41, 5.74) is 1.72. The van der Waals surface area contributed by atoms with E-state index < -0.39 is 11.0 Å². The zero-order chi connectivity index (χ0) is 17.6. The van der Waals surface area contributed by atoms with Crippen molar-refractivity contribution in [1.82, 2.24) is 0 Å². The van der Waals surface area contributed by atoms with Crippen molar-refractivity contribution in [2.45, 2.75) is 77.7 Å². The molecule has 1 aliphatic carbocycles. The molecule has 1 saturated carbocycles. The highest BCUT2D eigenvalue weighted by atomic mass is 16.5. The van der Waals surface area contributed by atoms with Crippen molar-refractivity contribution in [3.05, 3.63) is 23.3 Å². The first kappa shape index (κ1) is 19.1. The minimum Gasteiger partial charge on any atom is -0.373 e. The molecule has 0 amide bonds. The second kappa shape index (κ2) is 8.24. The summed E-state index contributed by atoms with van der Waals surface area (Å²) in [6, 6.07) is 0. The van der Waals surface area contributed by atoms with Crippen molar-refractivity contribution in [3.8, 4) is 0 Å². The summed E-state index contributed by atoms with van der Waals surface area (Å²) in [4.78, 5) is 23.6. The van der Waals surface area contributed by atoms with Crippen LogP contribution in [0.1, 0.15) is 72.1 Å². The van der Waals surface area contributed by atoms with Crippen molar-refractivity contribution in [2.75, 3.05) is 6.61 Å². The Hall–Kier alpha value is -1.22. The molecule has 2 aliphatic rings. The van der Waals surface area contributed by atoms with Gasteiger partial charge in [-0.1, -0.05) is 23.3 Å². The van der Waals surface area contributed by atoms with Crippen molar-refractivity contribution < 1.29 is 14.3 Å². The first-order valence-corrected chi connectivity index (χ1v) is 9.34. The quantitative estimate of drug-likeness (QED) is 0.473. The standard InChI is InChI=1S/C21H32O3/c1-17(2)7-4-8-18(3)9-5-11-20(16-23)12-6-13-21(20)19(15-22)10-14-24-21/h7,9,15-16,19H,4-6,8,10-14H2,1-3H3/b18-9+/t19-,20-,21-/m1/s1. The summed E-state index contributed by atoms with van der Waals surface area (Å²) in [6.45, 7) is 7.02. The molecule has 0 N–H and O–H groups in total. The van der Waals surface area contributed by atoms with E-state index in [9.17, 15) is 9.59 Å². The average Bonchev–Trinajstić information content (AvgIpc) is 3.13. The molecule has 2 fully saturated rings. The number of allylic oxidation sites excluding steroid dienone is 4. The van der Waals surface area contributed by atoms with E-state index in [0.29, 0.717) is 6.61 Å². The Kier molecular flexibility index (Phi) is 6.56. The van der Waals surface area contributed by atoms with E-state index in [1.54, 1.807) is 0 Å². The largest absolute Gasteiger partial charge is 0.373 e. The number of carbonyl (C=O) groups is 2. The fourth-order valence-corrected chi connectivity index (χ4v) is 4.60. The zero-order valence-corrected chi connectivity index (χ0v) is 15.5. The highest BCUT2D eigenvalue weighted by Crippen LogP contribution is 2.57. The fraction of sp³-hybridized carbons (Fsp3) is 0.714. The number of hydrogen-bond donors (Lipinski definition) is 0. The second-order valence-electron chi connectivity index (χ2n) is 7.81. The number of ether oxygens (including phenoxy) is 1. The maximum atomic E-state index is 12.1. The van der Waals surface area contributed by atoms with E-state index in [4.69, 9.17) is 4.74 Å². The van der Waals surface area contributed by atoms with Gasteiger partial charge in [0.05, 0.1) is 11.0 Å². The molecule has 1 spiro atoms. The van der Waals surface area contributed by atoms with Crippen molar-refractivity contribution >= 4 is 12.6 Å². The second-order valence-corrected chi connectivity index (χ2v) is 7.81. The van der Waals surface area contributed by atoms with Crippen LogP contribution < -0.4 is 0 Å². The highest BCUT2D eigenvalue weighted by Gasteiger charge is 2.61. The summed E-state index contributed by atoms with van der Waals surface area (Å²) < 4.78 is 6.07. The van der Waals surface area contributed by atoms with Gasteiger partial charge in [-0.25, -0.2) is 0 Å². The van der Waals surface area contributed by atoms with E-state index in [1.807, 2.05) is 0 Å². The Morgan fingerprint density at radius 3 is 2.58 bits per heavy atom. The van der Waals surface area contributed by atoms with Crippen molar-refractivity contribution in [2.24, 2.45) is 11.3 Å². The highest BCUT2D eigenvalue weighted by molar-refractivity contribution is 5.67. The molecule has 0 radical (unpaired) electrons. The predicted octanol–water partition coefficient (Wildman–Crippen LogP) is 4.80. The zero-order valence-electron chi connectivity index (χ0n) is 15.5. The lowest BCUT2D eigenvalue weighted by Gasteiger charge is -2.41. The van der Waals surface area contributed by atoms with Crippen molar-refractivity contribution in [3.63, 3.8) is 0 Å². The fourth-order valence-electron chi connectivity index (χ4n) is 4.60. The maximum absolute atomic E-state index is 12.1. The normalized spacial score (nSPS) is 33.0. The average molecular weight is 332 g/mol. The Morgan fingerprint density at radius 1 is 1.12 bits per heavy atom. The minimum absolute atomic E-state index is 0.118. The number of rotatable bonds is 8. The van der Waals surface area contributed by atoms with Gasteiger partial charge in [0, 0.05) is 12.5 Å². The van der Waals surface area contributed by atoms with E-state index in [0.717, 1.165) is 63.9 Å². The van der Waals surface area contributed by atoms with Gasteiger partial charge in [-0.05, 0) is 72.1 Å². The van der Waals surface area contributed by atoms with Gasteiger partial charge in [-0.2, -0.15) is 0 Å². The van der Waals surface area contributed by atoms with Gasteiger partial charge < -0.3 is 14.3 Å². The van der Waals surface area contributed by atoms with Gasteiger partial charge in [0.1, 0.15) is 12.6 Å². The Bertz CT molecular complexity index is 511. The van der Waals surface area contributed by atoms with Crippen LogP contribution >= 0.6 is 0 Å². The molecule has 1 saturated heterocycles. The van der Waals surface area contributed by atoms with Crippen LogP contribution in [0.4, 0.5) is 0 Å². The number of carbonyl (C=O) groups excluding carboxylic acids is 2. The molecule has 0 aromatic carbocycles. The number of hydrogen-bond acceptors (Lipinski definition) is 3. The van der Waals surface area contributed by atoms with Gasteiger partial charge in [0.15, 0.2) is 0 Å². The van der Waals surface area contributed by atoms with E-state index in [2.05, 4.69) is 32.9 Å². The van der Waals surface area contributed by atoms with Crippen LogP contribution in [0.5, 0.6) is 0 Å². The van der Waals surface area contributed by atoms with Crippen LogP contribution in [0, 0.1) is 11.3 Å². The Balaban J connectivity index is 2.02. The Labute approximate surface area is 146 Å². The van der Waals surface area contributed by atoms with Gasteiger partial charge in [0.25, 0.3) is 0 Å². The van der Waals surface area contributed by atoms with Gasteiger partial charge in [0.2, 0.25) is 0 Å². The summed E-state index contributed by atoms with van der Waals surface area (Å²) in [5.74, 6) is -0.118. The molecule has 1 heterocycles. The molecule has 3 atom stereocenters. The molecule has 1 aliphatic heterocycles. The topological polar surface area (TPSA) is 43.4 Å². The van der Waals surface area contributed by atoms with Crippen LogP contribution in [0.15, 0.2) is 23.3 Å². The molecule has 3 nitrogen and oxygen atoms in total. The first-order chi connectivity index (χ1) is 11.5.